The molecule has 3 nitrogen and oxygen atoms in total. The maximum Gasteiger partial charge on any atom is 0.0750 e. The van der Waals surface area contributed by atoms with Crippen molar-refractivity contribution in [3.63, 3.8) is 0 Å². The topological polar surface area (TPSA) is 24.5 Å². The number of rotatable bonds is 8. The van der Waals surface area contributed by atoms with Crippen molar-refractivity contribution in [1.29, 1.82) is 0 Å². The monoisotopic (exact) mass is 310 g/mol. The Kier molecular flexibility index (Phi) is 6.81. The van der Waals surface area contributed by atoms with Crippen LogP contribution in [0.15, 0.2) is 18.2 Å². The van der Waals surface area contributed by atoms with E-state index in [1.165, 1.54) is 17.7 Å². The van der Waals surface area contributed by atoms with Crippen LogP contribution in [0.2, 0.25) is 5.02 Å². The summed E-state index contributed by atoms with van der Waals surface area (Å²) in [6.07, 6.45) is 3.82. The molecule has 1 N–H and O–H groups in total. The quantitative estimate of drug-likeness (QED) is 0.738. The van der Waals surface area contributed by atoms with Crippen molar-refractivity contribution in [2.75, 3.05) is 31.1 Å². The van der Waals surface area contributed by atoms with Gasteiger partial charge in [-0.3, -0.25) is 0 Å². The first kappa shape index (κ1) is 16.6. The Morgan fingerprint density at radius 1 is 1.38 bits per heavy atom. The number of nitrogens with zero attached hydrogens (tertiary/aromatic N) is 1. The molecule has 0 radical (unpaired) electrons. The molecule has 1 saturated heterocycles. The Hall–Kier alpha value is -0.770. The molecule has 1 aromatic carbocycles. The summed E-state index contributed by atoms with van der Waals surface area (Å²) in [4.78, 5) is 2.36. The van der Waals surface area contributed by atoms with Crippen LogP contribution in [0.25, 0.3) is 0 Å². The van der Waals surface area contributed by atoms with Crippen molar-refractivity contribution in [1.82, 2.24) is 5.32 Å². The Labute approximate surface area is 133 Å². The lowest BCUT2D eigenvalue weighted by Gasteiger charge is -2.29. The largest absolute Gasteiger partial charge is 0.376 e. The van der Waals surface area contributed by atoms with Gasteiger partial charge in [0.15, 0.2) is 0 Å². The summed E-state index contributed by atoms with van der Waals surface area (Å²) in [7, 11) is 0. The highest BCUT2D eigenvalue weighted by atomic mass is 35.5. The first-order valence-corrected chi connectivity index (χ1v) is 8.48. The standard InChI is InChI=1S/C17H27ClN2O/c1-3-10-19-12-14-7-5-9-16(18)17(14)20(4-2)13-15-8-6-11-21-15/h5,7,9,15,19H,3-4,6,8,10-13H2,1-2H3. The van der Waals surface area contributed by atoms with Gasteiger partial charge >= 0.3 is 0 Å². The molecule has 0 bridgehead atoms. The van der Waals surface area contributed by atoms with E-state index in [0.29, 0.717) is 6.10 Å². The van der Waals surface area contributed by atoms with Gasteiger partial charge < -0.3 is 15.0 Å². The molecular formula is C17H27ClN2O. The van der Waals surface area contributed by atoms with Crippen LogP contribution in [-0.4, -0.2) is 32.3 Å². The molecule has 1 atom stereocenters. The van der Waals surface area contributed by atoms with Crippen molar-refractivity contribution in [3.8, 4) is 0 Å². The van der Waals surface area contributed by atoms with Crippen LogP contribution in [0.3, 0.4) is 0 Å². The van der Waals surface area contributed by atoms with Crippen LogP contribution in [0.4, 0.5) is 5.69 Å². The zero-order valence-electron chi connectivity index (χ0n) is 13.2. The normalized spacial score (nSPS) is 18.1. The molecule has 21 heavy (non-hydrogen) atoms. The Morgan fingerprint density at radius 2 is 2.24 bits per heavy atom. The zero-order chi connectivity index (χ0) is 15.1. The first-order chi connectivity index (χ1) is 10.3. The number of hydrogen-bond acceptors (Lipinski definition) is 3. The number of nitrogens with one attached hydrogen (secondary N) is 1. The SMILES string of the molecule is CCCNCc1cccc(Cl)c1N(CC)CC1CCCO1. The van der Waals surface area contributed by atoms with Crippen molar-refractivity contribution >= 4 is 17.3 Å². The van der Waals surface area contributed by atoms with E-state index in [1.54, 1.807) is 0 Å². The third-order valence-corrected chi connectivity index (χ3v) is 4.26. The number of likely N-dealkylation sites (N-methyl/N-ethyl adjacent to an activating group) is 1. The van der Waals surface area contributed by atoms with Crippen LogP contribution < -0.4 is 10.2 Å². The van der Waals surface area contributed by atoms with Gasteiger partial charge in [0.2, 0.25) is 0 Å². The van der Waals surface area contributed by atoms with Gasteiger partial charge in [0.25, 0.3) is 0 Å². The fraction of sp³-hybridized carbons (Fsp3) is 0.647. The van der Waals surface area contributed by atoms with Crippen molar-refractivity contribution < 1.29 is 4.74 Å². The lowest BCUT2D eigenvalue weighted by Crippen LogP contribution is -2.33. The molecule has 0 aromatic heterocycles. The van der Waals surface area contributed by atoms with Gasteiger partial charge in [0.1, 0.15) is 0 Å². The van der Waals surface area contributed by atoms with Gasteiger partial charge in [0.05, 0.1) is 16.8 Å². The number of anilines is 1. The van der Waals surface area contributed by atoms with Crippen LogP contribution in [0.1, 0.15) is 38.7 Å². The summed E-state index contributed by atoms with van der Waals surface area (Å²) < 4.78 is 5.78. The molecule has 2 rings (SSSR count). The summed E-state index contributed by atoms with van der Waals surface area (Å²) >= 11 is 6.49. The maximum absolute atomic E-state index is 6.49. The fourth-order valence-electron chi connectivity index (χ4n) is 2.87. The average molecular weight is 311 g/mol. The Bertz CT molecular complexity index is 433. The smallest absolute Gasteiger partial charge is 0.0750 e. The molecule has 1 aliphatic rings. The highest BCUT2D eigenvalue weighted by molar-refractivity contribution is 6.33. The van der Waals surface area contributed by atoms with E-state index in [0.717, 1.165) is 50.7 Å². The van der Waals surface area contributed by atoms with Crippen molar-refractivity contribution in [3.05, 3.63) is 28.8 Å². The van der Waals surface area contributed by atoms with Gasteiger partial charge in [-0.1, -0.05) is 30.7 Å². The number of ether oxygens (including phenoxy) is 1. The number of para-hydroxylation sites is 1. The molecular weight excluding hydrogens is 284 g/mol. The fourth-order valence-corrected chi connectivity index (χ4v) is 3.18. The molecule has 0 spiro atoms. The minimum atomic E-state index is 0.345. The maximum atomic E-state index is 6.49. The molecule has 118 valence electrons. The van der Waals surface area contributed by atoms with Gasteiger partial charge in [0, 0.05) is 26.2 Å². The van der Waals surface area contributed by atoms with E-state index in [-0.39, 0.29) is 0 Å². The highest BCUT2D eigenvalue weighted by Crippen LogP contribution is 2.31. The second-order valence-electron chi connectivity index (χ2n) is 5.60. The summed E-state index contributed by atoms with van der Waals surface area (Å²) in [6.45, 7) is 9.04. The lowest BCUT2D eigenvalue weighted by molar-refractivity contribution is 0.115. The molecule has 4 heteroatoms. The Balaban J connectivity index is 2.13. The summed E-state index contributed by atoms with van der Waals surface area (Å²) in [5.74, 6) is 0. The van der Waals surface area contributed by atoms with Gasteiger partial charge in [-0.15, -0.1) is 0 Å². The minimum absolute atomic E-state index is 0.345. The molecule has 1 aliphatic heterocycles. The van der Waals surface area contributed by atoms with Crippen molar-refractivity contribution in [2.24, 2.45) is 0 Å². The van der Waals surface area contributed by atoms with E-state index < -0.39 is 0 Å². The molecule has 0 aliphatic carbocycles. The highest BCUT2D eigenvalue weighted by Gasteiger charge is 2.21. The number of halogens is 1. The minimum Gasteiger partial charge on any atom is -0.376 e. The van der Waals surface area contributed by atoms with Gasteiger partial charge in [-0.05, 0) is 44.4 Å². The molecule has 1 fully saturated rings. The summed E-state index contributed by atoms with van der Waals surface area (Å²) in [5.41, 5.74) is 2.44. The molecule has 0 saturated carbocycles. The van der Waals surface area contributed by atoms with Gasteiger partial charge in [-0.2, -0.15) is 0 Å². The third kappa shape index (κ3) is 4.60. The van der Waals surface area contributed by atoms with E-state index in [4.69, 9.17) is 16.3 Å². The van der Waals surface area contributed by atoms with E-state index in [1.807, 2.05) is 12.1 Å². The van der Waals surface area contributed by atoms with Gasteiger partial charge in [-0.25, -0.2) is 0 Å². The Morgan fingerprint density at radius 3 is 2.90 bits per heavy atom. The summed E-state index contributed by atoms with van der Waals surface area (Å²) in [6, 6.07) is 6.19. The third-order valence-electron chi connectivity index (χ3n) is 3.96. The lowest BCUT2D eigenvalue weighted by atomic mass is 10.1. The van der Waals surface area contributed by atoms with Crippen molar-refractivity contribution in [2.45, 2.75) is 45.8 Å². The van der Waals surface area contributed by atoms with E-state index >= 15 is 0 Å². The van der Waals surface area contributed by atoms with Crippen LogP contribution in [0, 0.1) is 0 Å². The van der Waals surface area contributed by atoms with E-state index in [2.05, 4.69) is 30.1 Å². The van der Waals surface area contributed by atoms with Crippen LogP contribution >= 0.6 is 11.6 Å². The van der Waals surface area contributed by atoms with Crippen LogP contribution in [-0.2, 0) is 11.3 Å². The molecule has 1 heterocycles. The summed E-state index contributed by atoms with van der Waals surface area (Å²) in [5, 5.41) is 4.31. The first-order valence-electron chi connectivity index (χ1n) is 8.10. The molecule has 1 aromatic rings. The molecule has 0 amide bonds. The average Bonchev–Trinajstić information content (AvgIpc) is 2.99. The zero-order valence-corrected chi connectivity index (χ0v) is 14.0. The van der Waals surface area contributed by atoms with E-state index in [9.17, 15) is 0 Å². The second-order valence-corrected chi connectivity index (χ2v) is 6.01. The second kappa shape index (κ2) is 8.62. The van der Waals surface area contributed by atoms with Crippen LogP contribution in [0.5, 0.6) is 0 Å². The predicted octanol–water partition coefficient (Wildman–Crippen LogP) is 3.84. The number of benzene rings is 1. The molecule has 1 unspecified atom stereocenters. The predicted molar refractivity (Wildman–Crippen MR) is 90.3 cm³/mol. The number of hydrogen-bond donors (Lipinski definition) is 1.